The van der Waals surface area contributed by atoms with Gasteiger partial charge in [-0.05, 0) is 36.2 Å². The van der Waals surface area contributed by atoms with E-state index in [1.54, 1.807) is 16.8 Å². The number of ether oxygens (including phenoxy) is 1. The molecule has 0 aliphatic carbocycles. The summed E-state index contributed by atoms with van der Waals surface area (Å²) in [6.45, 7) is 4.69. The van der Waals surface area contributed by atoms with E-state index in [1.165, 1.54) is 0 Å². The zero-order valence-corrected chi connectivity index (χ0v) is 20.3. The molecule has 3 aromatic carbocycles. The lowest BCUT2D eigenvalue weighted by atomic mass is 9.99. The van der Waals surface area contributed by atoms with Gasteiger partial charge >= 0.3 is 0 Å². The molecule has 2 heterocycles. The van der Waals surface area contributed by atoms with Crippen molar-refractivity contribution in [3.8, 4) is 5.75 Å². The average Bonchev–Trinajstić information content (AvgIpc) is 2.86. The van der Waals surface area contributed by atoms with E-state index in [-0.39, 0.29) is 5.91 Å². The number of benzene rings is 3. The van der Waals surface area contributed by atoms with E-state index in [1.807, 2.05) is 49.4 Å². The first-order valence-electron chi connectivity index (χ1n) is 11.8. The molecular weight excluding hydrogens is 444 g/mol. The predicted molar refractivity (Wildman–Crippen MR) is 138 cm³/mol. The predicted octanol–water partition coefficient (Wildman–Crippen LogP) is 4.30. The Bertz CT molecular complexity index is 1380. The van der Waals surface area contributed by atoms with Crippen LogP contribution in [0.25, 0.3) is 16.5 Å². The Morgan fingerprint density at radius 3 is 2.71 bits per heavy atom. The van der Waals surface area contributed by atoms with E-state index in [0.717, 1.165) is 57.7 Å². The number of hydrazone groups is 1. The highest BCUT2D eigenvalue weighted by atomic mass is 32.2. The highest BCUT2D eigenvalue weighted by Gasteiger charge is 2.36. The number of carbonyl (C=O) groups is 1. The lowest BCUT2D eigenvalue weighted by Crippen LogP contribution is -2.50. The highest BCUT2D eigenvalue weighted by molar-refractivity contribution is 8.13. The van der Waals surface area contributed by atoms with Gasteiger partial charge in [0, 0.05) is 16.5 Å². The molecule has 0 spiro atoms. The molecule has 5 rings (SSSR count). The van der Waals surface area contributed by atoms with Gasteiger partial charge in [-0.1, -0.05) is 80.1 Å². The van der Waals surface area contributed by atoms with Crippen LogP contribution in [0.1, 0.15) is 44.8 Å². The minimum atomic E-state index is -0.519. The second-order valence-corrected chi connectivity index (χ2v) is 9.34. The third kappa shape index (κ3) is 4.16. The Morgan fingerprint density at radius 2 is 1.85 bits per heavy atom. The lowest BCUT2D eigenvalue weighted by molar-refractivity contribution is -0.116. The number of nitrogens with one attached hydrogen (secondary N) is 1. The van der Waals surface area contributed by atoms with Crippen molar-refractivity contribution >= 4 is 39.3 Å². The van der Waals surface area contributed by atoms with E-state index in [9.17, 15) is 4.79 Å². The van der Waals surface area contributed by atoms with Crippen LogP contribution in [0.3, 0.4) is 0 Å². The van der Waals surface area contributed by atoms with Crippen molar-refractivity contribution in [2.24, 2.45) is 10.1 Å². The molecule has 6 nitrogen and oxygen atoms in total. The number of hydrogen-bond acceptors (Lipinski definition) is 6. The van der Waals surface area contributed by atoms with Crippen molar-refractivity contribution in [2.45, 2.75) is 39.3 Å². The standard InChI is InChI=1S/C27H28N4O2S/c1-3-5-10-17-34-27-29-26(32)24-20-13-8-9-14-21(20)28-25(31(24)30-27)23-19-12-7-6-11-18(19)15-16-22(23)33-4-2/h6-9,11-16,25H,3-5,10,17H2,1-2H3,(H,29,30,32)/t25-/m0/s1. The van der Waals surface area contributed by atoms with Crippen LogP contribution in [0.2, 0.25) is 0 Å². The van der Waals surface area contributed by atoms with Gasteiger partial charge in [0.1, 0.15) is 11.4 Å². The molecule has 1 N–H and O–H groups in total. The molecule has 0 saturated heterocycles. The number of carbonyl (C=O) groups excluding carboxylic acids is 1. The van der Waals surface area contributed by atoms with Gasteiger partial charge < -0.3 is 4.74 Å². The topological polar surface area (TPSA) is 66.3 Å². The molecule has 0 aromatic heterocycles. The SMILES string of the molecule is CCCCCSC1=NN2C(=c3ccccc3=N[C@@H]2c2c(OCC)ccc3ccccc23)C(=O)N1. The number of rotatable bonds is 7. The summed E-state index contributed by atoms with van der Waals surface area (Å²) in [5.41, 5.74) is 1.43. The second-order valence-electron chi connectivity index (χ2n) is 8.26. The molecular formula is C27H28N4O2S. The Kier molecular flexibility index (Phi) is 6.54. The summed E-state index contributed by atoms with van der Waals surface area (Å²) in [6, 6.07) is 20.0. The van der Waals surface area contributed by atoms with Crippen molar-refractivity contribution in [3.63, 3.8) is 0 Å². The Morgan fingerprint density at radius 1 is 1.03 bits per heavy atom. The summed E-state index contributed by atoms with van der Waals surface area (Å²) >= 11 is 1.58. The number of fused-ring (bicyclic) bond motifs is 3. The van der Waals surface area contributed by atoms with E-state index in [0.29, 0.717) is 17.5 Å². The summed E-state index contributed by atoms with van der Waals surface area (Å²) in [5, 5.41) is 14.0. The normalized spacial score (nSPS) is 16.9. The van der Waals surface area contributed by atoms with Gasteiger partial charge in [-0.2, -0.15) is 0 Å². The van der Waals surface area contributed by atoms with Crippen LogP contribution in [0.4, 0.5) is 0 Å². The monoisotopic (exact) mass is 472 g/mol. The zero-order chi connectivity index (χ0) is 23.5. The van der Waals surface area contributed by atoms with Crippen molar-refractivity contribution in [1.29, 1.82) is 0 Å². The molecule has 1 amide bonds. The Hall–Kier alpha value is -3.32. The van der Waals surface area contributed by atoms with Gasteiger partial charge in [0.2, 0.25) is 0 Å². The van der Waals surface area contributed by atoms with Crippen molar-refractivity contribution in [3.05, 3.63) is 76.8 Å². The van der Waals surface area contributed by atoms with Crippen molar-refractivity contribution in [2.75, 3.05) is 12.4 Å². The molecule has 0 unspecified atom stereocenters. The van der Waals surface area contributed by atoms with Gasteiger partial charge in [-0.25, -0.2) is 5.01 Å². The molecule has 1 atom stereocenters. The molecule has 3 aromatic rings. The number of amides is 1. The Labute approximate surface area is 203 Å². The summed E-state index contributed by atoms with van der Waals surface area (Å²) < 4.78 is 6.06. The number of hydrogen-bond donors (Lipinski definition) is 1. The third-order valence-corrected chi connectivity index (χ3v) is 6.94. The van der Waals surface area contributed by atoms with Gasteiger partial charge in [-0.3, -0.25) is 15.1 Å². The third-order valence-electron chi connectivity index (χ3n) is 5.99. The first kappa shape index (κ1) is 22.5. The van der Waals surface area contributed by atoms with Crippen LogP contribution in [0.15, 0.2) is 70.8 Å². The second kappa shape index (κ2) is 9.89. The smallest absolute Gasteiger partial charge is 0.276 e. The van der Waals surface area contributed by atoms with E-state index < -0.39 is 6.17 Å². The fourth-order valence-corrected chi connectivity index (χ4v) is 5.28. The summed E-state index contributed by atoms with van der Waals surface area (Å²) in [4.78, 5) is 18.5. The highest BCUT2D eigenvalue weighted by Crippen LogP contribution is 2.40. The van der Waals surface area contributed by atoms with Gasteiger partial charge in [-0.15, -0.1) is 5.10 Å². The maximum absolute atomic E-state index is 13.4. The first-order valence-corrected chi connectivity index (χ1v) is 12.8. The minimum Gasteiger partial charge on any atom is -0.493 e. The van der Waals surface area contributed by atoms with Crippen LogP contribution >= 0.6 is 11.8 Å². The van der Waals surface area contributed by atoms with Crippen molar-refractivity contribution < 1.29 is 9.53 Å². The zero-order valence-electron chi connectivity index (χ0n) is 19.5. The molecule has 0 fully saturated rings. The maximum Gasteiger partial charge on any atom is 0.276 e. The number of para-hydroxylation sites is 1. The van der Waals surface area contributed by atoms with Gasteiger partial charge in [0.15, 0.2) is 11.3 Å². The molecule has 7 heteroatoms. The number of amidine groups is 1. The first-order chi connectivity index (χ1) is 16.7. The molecule has 174 valence electrons. The van der Waals surface area contributed by atoms with Crippen molar-refractivity contribution in [1.82, 2.24) is 10.3 Å². The summed E-state index contributed by atoms with van der Waals surface area (Å²) in [7, 11) is 0. The fraction of sp³-hybridized carbons (Fsp3) is 0.296. The molecule has 2 aliphatic heterocycles. The molecule has 0 saturated carbocycles. The molecule has 0 bridgehead atoms. The number of thioether (sulfide) groups is 1. The Balaban J connectivity index is 1.70. The largest absolute Gasteiger partial charge is 0.493 e. The molecule has 2 aliphatic rings. The van der Waals surface area contributed by atoms with Crippen LogP contribution in [-0.4, -0.2) is 28.4 Å². The average molecular weight is 473 g/mol. The van der Waals surface area contributed by atoms with Gasteiger partial charge in [0.25, 0.3) is 5.91 Å². The number of nitrogens with zero attached hydrogens (tertiary/aromatic N) is 3. The van der Waals surface area contributed by atoms with Crippen LogP contribution in [-0.2, 0) is 4.79 Å². The molecule has 34 heavy (non-hydrogen) atoms. The quantitative estimate of drug-likeness (QED) is 0.521. The molecule has 0 radical (unpaired) electrons. The van der Waals surface area contributed by atoms with Crippen LogP contribution < -0.4 is 20.6 Å². The summed E-state index contributed by atoms with van der Waals surface area (Å²) in [6.07, 6.45) is 2.88. The minimum absolute atomic E-state index is 0.154. The fourth-order valence-electron chi connectivity index (χ4n) is 4.42. The van der Waals surface area contributed by atoms with E-state index in [2.05, 4.69) is 30.4 Å². The number of unbranched alkanes of at least 4 members (excludes halogenated alkanes) is 2. The maximum atomic E-state index is 13.4. The van der Waals surface area contributed by atoms with E-state index in [4.69, 9.17) is 14.8 Å². The summed E-state index contributed by atoms with van der Waals surface area (Å²) in [5.74, 6) is 1.51. The lowest BCUT2D eigenvalue weighted by Gasteiger charge is -2.35. The van der Waals surface area contributed by atoms with Crippen LogP contribution in [0.5, 0.6) is 5.75 Å². The van der Waals surface area contributed by atoms with E-state index >= 15 is 0 Å². The van der Waals surface area contributed by atoms with Gasteiger partial charge in [0.05, 0.1) is 12.0 Å². The van der Waals surface area contributed by atoms with Crippen LogP contribution in [0, 0.1) is 0 Å².